The first-order valence-electron chi connectivity index (χ1n) is 9.67. The lowest BCUT2D eigenvalue weighted by molar-refractivity contribution is 0.0951. The third kappa shape index (κ3) is 5.97. The number of rotatable bonds is 8. The van der Waals surface area contributed by atoms with Crippen LogP contribution in [-0.4, -0.2) is 57.9 Å². The highest BCUT2D eigenvalue weighted by Crippen LogP contribution is 2.19. The smallest absolute Gasteiger partial charge is 0.251 e. The number of carbonyl (C=O) groups excluding carboxylic acids is 1. The van der Waals surface area contributed by atoms with Crippen LogP contribution >= 0.6 is 0 Å². The molecule has 1 aliphatic rings. The van der Waals surface area contributed by atoms with Gasteiger partial charge in [-0.05, 0) is 55.6 Å². The molecular formula is C22H29N5O2. The van der Waals surface area contributed by atoms with Crippen molar-refractivity contribution in [2.45, 2.75) is 6.29 Å². The quantitative estimate of drug-likeness (QED) is 0.547. The Morgan fingerprint density at radius 3 is 2.66 bits per heavy atom. The number of carbonyl (C=O) groups is 1. The Balaban J connectivity index is 1.55. The zero-order chi connectivity index (χ0) is 20.6. The minimum absolute atomic E-state index is 0.0678. The van der Waals surface area contributed by atoms with Crippen LogP contribution in [-0.2, 0) is 0 Å². The summed E-state index contributed by atoms with van der Waals surface area (Å²) in [6.45, 7) is 2.15. The summed E-state index contributed by atoms with van der Waals surface area (Å²) in [4.78, 5) is 14.3. The van der Waals surface area contributed by atoms with Gasteiger partial charge in [-0.15, -0.1) is 0 Å². The normalized spacial score (nSPS) is 16.0. The van der Waals surface area contributed by atoms with Gasteiger partial charge in [0.1, 0.15) is 5.75 Å². The van der Waals surface area contributed by atoms with Gasteiger partial charge in [-0.3, -0.25) is 10.1 Å². The number of hydrogen-bond donors (Lipinski definition) is 4. The summed E-state index contributed by atoms with van der Waals surface area (Å²) < 4.78 is 5.21. The van der Waals surface area contributed by atoms with Crippen molar-refractivity contribution in [1.29, 1.82) is 0 Å². The molecule has 0 radical (unpaired) electrons. The van der Waals surface area contributed by atoms with Gasteiger partial charge in [-0.2, -0.15) is 0 Å². The molecule has 0 aromatic heterocycles. The van der Waals surface area contributed by atoms with E-state index in [0.717, 1.165) is 30.1 Å². The Bertz CT molecular complexity index is 849. The van der Waals surface area contributed by atoms with Gasteiger partial charge in [-0.25, -0.2) is 0 Å². The van der Waals surface area contributed by atoms with Gasteiger partial charge < -0.3 is 25.6 Å². The molecule has 0 saturated heterocycles. The second kappa shape index (κ2) is 9.95. The molecule has 1 heterocycles. The number of amides is 1. The first-order chi connectivity index (χ1) is 14.0. The van der Waals surface area contributed by atoms with E-state index in [2.05, 4.69) is 21.3 Å². The number of ether oxygens (including phenoxy) is 1. The highest BCUT2D eigenvalue weighted by molar-refractivity contribution is 5.95. The zero-order valence-corrected chi connectivity index (χ0v) is 17.2. The lowest BCUT2D eigenvalue weighted by Crippen LogP contribution is -2.49. The van der Waals surface area contributed by atoms with E-state index in [9.17, 15) is 4.79 Å². The maximum absolute atomic E-state index is 12.3. The van der Waals surface area contributed by atoms with Crippen LogP contribution in [0.5, 0.6) is 5.75 Å². The number of likely N-dealkylation sites (N-methyl/N-ethyl adjacent to an activating group) is 1. The van der Waals surface area contributed by atoms with E-state index >= 15 is 0 Å². The summed E-state index contributed by atoms with van der Waals surface area (Å²) in [5, 5.41) is 13.0. The summed E-state index contributed by atoms with van der Waals surface area (Å²) in [5.41, 5.74) is 3.82. The first kappa shape index (κ1) is 20.7. The van der Waals surface area contributed by atoms with E-state index in [1.54, 1.807) is 7.11 Å². The van der Waals surface area contributed by atoms with E-state index in [1.807, 2.05) is 73.7 Å². The lowest BCUT2D eigenvalue weighted by atomic mass is 10.1. The van der Waals surface area contributed by atoms with Crippen LogP contribution in [0, 0.1) is 0 Å². The van der Waals surface area contributed by atoms with Crippen LogP contribution in [0.4, 0.5) is 5.69 Å². The Morgan fingerprint density at radius 1 is 1.21 bits per heavy atom. The van der Waals surface area contributed by atoms with Crippen molar-refractivity contribution in [3.63, 3.8) is 0 Å². The molecule has 1 aliphatic heterocycles. The highest BCUT2D eigenvalue weighted by atomic mass is 16.5. The number of benzene rings is 2. The van der Waals surface area contributed by atoms with Gasteiger partial charge in [0.05, 0.1) is 7.11 Å². The van der Waals surface area contributed by atoms with Crippen molar-refractivity contribution in [1.82, 2.24) is 20.9 Å². The van der Waals surface area contributed by atoms with Crippen LogP contribution in [0.25, 0.3) is 5.57 Å². The van der Waals surface area contributed by atoms with Crippen molar-refractivity contribution >= 4 is 17.2 Å². The molecule has 29 heavy (non-hydrogen) atoms. The van der Waals surface area contributed by atoms with Crippen LogP contribution in [0.15, 0.2) is 54.7 Å². The van der Waals surface area contributed by atoms with Gasteiger partial charge in [-0.1, -0.05) is 18.2 Å². The zero-order valence-electron chi connectivity index (χ0n) is 17.2. The number of methoxy groups -OCH3 is 1. The Labute approximate surface area is 172 Å². The largest absolute Gasteiger partial charge is 0.497 e. The standard InChI is InChI=1S/C22H29N5O2/c1-27(2)12-11-23-21(28)17-5-4-6-19(13-17)26-22-24-14-18(15-25-22)16-7-9-20(29-3)10-8-16/h4-10,13-14,22,24-26H,11-12,15H2,1-3H3,(H,23,28). The van der Waals surface area contributed by atoms with Gasteiger partial charge >= 0.3 is 0 Å². The SMILES string of the molecule is COc1ccc(C2=CNC(Nc3cccc(C(=O)NCCN(C)C)c3)NC2)cc1. The summed E-state index contributed by atoms with van der Waals surface area (Å²) in [6, 6.07) is 15.5. The molecule has 154 valence electrons. The second-order valence-electron chi connectivity index (χ2n) is 7.16. The molecule has 0 aliphatic carbocycles. The topological polar surface area (TPSA) is 77.7 Å². The van der Waals surface area contributed by atoms with E-state index < -0.39 is 0 Å². The molecule has 3 rings (SSSR count). The van der Waals surface area contributed by atoms with Gasteiger partial charge in [0.2, 0.25) is 0 Å². The number of hydrogen-bond acceptors (Lipinski definition) is 6. The number of nitrogens with zero attached hydrogens (tertiary/aromatic N) is 1. The number of anilines is 1. The molecule has 2 aromatic carbocycles. The van der Waals surface area contributed by atoms with Crippen molar-refractivity contribution in [2.24, 2.45) is 0 Å². The molecule has 0 bridgehead atoms. The molecular weight excluding hydrogens is 366 g/mol. The minimum Gasteiger partial charge on any atom is -0.497 e. The summed E-state index contributed by atoms with van der Waals surface area (Å²) in [6.07, 6.45) is 1.89. The van der Waals surface area contributed by atoms with Crippen LogP contribution < -0.4 is 26.0 Å². The maximum Gasteiger partial charge on any atom is 0.251 e. The number of nitrogens with one attached hydrogen (secondary N) is 4. The Kier molecular flexibility index (Phi) is 7.10. The molecule has 1 unspecified atom stereocenters. The fourth-order valence-corrected chi connectivity index (χ4v) is 3.00. The average Bonchev–Trinajstić information content (AvgIpc) is 2.74. The van der Waals surface area contributed by atoms with Gasteiger partial charge in [0.25, 0.3) is 5.91 Å². The Hall–Kier alpha value is -3.03. The molecule has 2 aromatic rings. The first-order valence-corrected chi connectivity index (χ1v) is 9.67. The van der Waals surface area contributed by atoms with Crippen molar-refractivity contribution in [2.75, 3.05) is 46.2 Å². The maximum atomic E-state index is 12.3. The highest BCUT2D eigenvalue weighted by Gasteiger charge is 2.14. The molecule has 7 heteroatoms. The van der Waals surface area contributed by atoms with Crippen LogP contribution in [0.2, 0.25) is 0 Å². The predicted octanol–water partition coefficient (Wildman–Crippen LogP) is 1.92. The molecule has 0 fully saturated rings. The Morgan fingerprint density at radius 2 is 2.00 bits per heavy atom. The fraction of sp³-hybridized carbons (Fsp3) is 0.318. The van der Waals surface area contributed by atoms with Crippen molar-refractivity contribution in [3.8, 4) is 5.75 Å². The van der Waals surface area contributed by atoms with E-state index in [1.165, 1.54) is 5.57 Å². The minimum atomic E-state index is -0.121. The van der Waals surface area contributed by atoms with Crippen LogP contribution in [0.1, 0.15) is 15.9 Å². The van der Waals surface area contributed by atoms with Crippen LogP contribution in [0.3, 0.4) is 0 Å². The van der Waals surface area contributed by atoms with E-state index in [-0.39, 0.29) is 12.2 Å². The molecule has 1 atom stereocenters. The van der Waals surface area contributed by atoms with Crippen molar-refractivity contribution in [3.05, 3.63) is 65.9 Å². The average molecular weight is 396 g/mol. The molecule has 1 amide bonds. The van der Waals surface area contributed by atoms with E-state index in [4.69, 9.17) is 4.74 Å². The molecule has 7 nitrogen and oxygen atoms in total. The molecule has 0 spiro atoms. The van der Waals surface area contributed by atoms with Gasteiger partial charge in [0.15, 0.2) is 6.29 Å². The third-order valence-electron chi connectivity index (χ3n) is 4.66. The van der Waals surface area contributed by atoms with Crippen molar-refractivity contribution < 1.29 is 9.53 Å². The molecule has 0 saturated carbocycles. The summed E-state index contributed by atoms with van der Waals surface area (Å²) >= 11 is 0. The third-order valence-corrected chi connectivity index (χ3v) is 4.66. The summed E-state index contributed by atoms with van der Waals surface area (Å²) in [5.74, 6) is 0.776. The summed E-state index contributed by atoms with van der Waals surface area (Å²) in [7, 11) is 5.63. The predicted molar refractivity (Wildman–Crippen MR) is 117 cm³/mol. The van der Waals surface area contributed by atoms with Gasteiger partial charge in [0, 0.05) is 37.1 Å². The monoisotopic (exact) mass is 395 g/mol. The second-order valence-corrected chi connectivity index (χ2v) is 7.16. The fourth-order valence-electron chi connectivity index (χ4n) is 3.00. The van der Waals surface area contributed by atoms with E-state index in [0.29, 0.717) is 12.1 Å². The lowest BCUT2D eigenvalue weighted by Gasteiger charge is -2.27. The molecule has 4 N–H and O–H groups in total.